The first-order valence-electron chi connectivity index (χ1n) is 5.16. The van der Waals surface area contributed by atoms with Crippen LogP contribution in [0.15, 0.2) is 18.2 Å². The minimum atomic E-state index is -0.819. The molecule has 0 aromatic heterocycles. The zero-order chi connectivity index (χ0) is 12.3. The Hall–Kier alpha value is -1.55. The fourth-order valence-electron chi connectivity index (χ4n) is 1.68. The van der Waals surface area contributed by atoms with Gasteiger partial charge in [-0.15, -0.1) is 0 Å². The Morgan fingerprint density at radius 2 is 2.00 bits per heavy atom. The highest BCUT2D eigenvalue weighted by molar-refractivity contribution is 5.69. The minimum Gasteiger partial charge on any atom is -0.410 e. The van der Waals surface area contributed by atoms with E-state index in [-0.39, 0.29) is 5.41 Å². The van der Waals surface area contributed by atoms with Crippen molar-refractivity contribution in [1.82, 2.24) is 0 Å². The van der Waals surface area contributed by atoms with Gasteiger partial charge >= 0.3 is 6.09 Å². The number of ether oxygens (including phenoxy) is 1. The Morgan fingerprint density at radius 3 is 2.44 bits per heavy atom. The van der Waals surface area contributed by atoms with Gasteiger partial charge in [-0.2, -0.15) is 0 Å². The van der Waals surface area contributed by atoms with Gasteiger partial charge in [-0.05, 0) is 17.0 Å². The van der Waals surface area contributed by atoms with Gasteiger partial charge in [0.15, 0.2) is 0 Å². The number of rotatable bonds is 2. The molecule has 1 aromatic rings. The maximum absolute atomic E-state index is 10.8. The predicted octanol–water partition coefficient (Wildman–Crippen LogP) is 1.90. The second kappa shape index (κ2) is 4.53. The zero-order valence-electron chi connectivity index (χ0n) is 9.91. The van der Waals surface area contributed by atoms with Crippen molar-refractivity contribution < 1.29 is 9.53 Å². The molecule has 1 aromatic carbocycles. The first-order chi connectivity index (χ1) is 7.36. The van der Waals surface area contributed by atoms with E-state index in [0.29, 0.717) is 12.3 Å². The molecule has 0 heterocycles. The van der Waals surface area contributed by atoms with Crippen LogP contribution in [0.1, 0.15) is 31.9 Å². The molecule has 4 nitrogen and oxygen atoms in total. The summed E-state index contributed by atoms with van der Waals surface area (Å²) in [4.78, 5) is 10.8. The van der Waals surface area contributed by atoms with Gasteiger partial charge in [0.05, 0.1) is 0 Å². The molecule has 1 amide bonds. The molecule has 4 heteroatoms. The van der Waals surface area contributed by atoms with Crippen LogP contribution >= 0.6 is 0 Å². The van der Waals surface area contributed by atoms with Gasteiger partial charge < -0.3 is 16.2 Å². The molecule has 0 radical (unpaired) electrons. The van der Waals surface area contributed by atoms with Crippen LogP contribution in [0.3, 0.4) is 0 Å². The van der Waals surface area contributed by atoms with E-state index >= 15 is 0 Å². The summed E-state index contributed by atoms with van der Waals surface area (Å²) in [7, 11) is 0. The van der Waals surface area contributed by atoms with Crippen molar-refractivity contribution in [2.24, 2.45) is 11.5 Å². The molecule has 1 rings (SSSR count). The first kappa shape index (κ1) is 12.5. The van der Waals surface area contributed by atoms with Crippen molar-refractivity contribution in [2.75, 3.05) is 0 Å². The Balaban J connectivity index is 3.26. The smallest absolute Gasteiger partial charge is 0.409 e. The van der Waals surface area contributed by atoms with Gasteiger partial charge in [0, 0.05) is 12.1 Å². The Morgan fingerprint density at radius 1 is 1.38 bits per heavy atom. The van der Waals surface area contributed by atoms with E-state index in [1.807, 2.05) is 12.1 Å². The van der Waals surface area contributed by atoms with Gasteiger partial charge in [-0.3, -0.25) is 0 Å². The van der Waals surface area contributed by atoms with Crippen molar-refractivity contribution >= 4 is 6.09 Å². The Bertz CT molecular complexity index is 394. The fraction of sp³-hybridized carbons (Fsp3) is 0.417. The fourth-order valence-corrected chi connectivity index (χ4v) is 1.68. The van der Waals surface area contributed by atoms with Crippen LogP contribution in [0.4, 0.5) is 4.79 Å². The van der Waals surface area contributed by atoms with Crippen LogP contribution in [0.5, 0.6) is 5.75 Å². The molecule has 0 atom stereocenters. The molecule has 0 aliphatic heterocycles. The normalized spacial score (nSPS) is 11.2. The molecule has 0 spiro atoms. The second-order valence-corrected chi connectivity index (χ2v) is 4.66. The molecular weight excluding hydrogens is 204 g/mol. The summed E-state index contributed by atoms with van der Waals surface area (Å²) in [6.45, 7) is 6.55. The van der Waals surface area contributed by atoms with E-state index < -0.39 is 6.09 Å². The predicted molar refractivity (Wildman–Crippen MR) is 63.2 cm³/mol. The summed E-state index contributed by atoms with van der Waals surface area (Å²) in [6.07, 6.45) is -0.819. The first-order valence-corrected chi connectivity index (χ1v) is 5.16. The molecule has 0 aliphatic rings. The lowest BCUT2D eigenvalue weighted by Crippen LogP contribution is -2.21. The molecule has 0 saturated carbocycles. The molecular formula is C12H18N2O2. The van der Waals surface area contributed by atoms with Gasteiger partial charge in [0.2, 0.25) is 0 Å². The molecule has 16 heavy (non-hydrogen) atoms. The van der Waals surface area contributed by atoms with E-state index in [2.05, 4.69) is 20.8 Å². The van der Waals surface area contributed by atoms with Crippen LogP contribution in [0.25, 0.3) is 0 Å². The third-order valence-electron chi connectivity index (χ3n) is 2.36. The molecule has 0 aliphatic carbocycles. The summed E-state index contributed by atoms with van der Waals surface area (Å²) in [6, 6.07) is 5.51. The molecule has 0 saturated heterocycles. The van der Waals surface area contributed by atoms with E-state index in [0.717, 1.165) is 11.1 Å². The van der Waals surface area contributed by atoms with Crippen molar-refractivity contribution in [3.05, 3.63) is 29.3 Å². The summed E-state index contributed by atoms with van der Waals surface area (Å²) in [5.74, 6) is 0.447. The largest absolute Gasteiger partial charge is 0.410 e. The van der Waals surface area contributed by atoms with E-state index in [9.17, 15) is 4.79 Å². The Kier molecular flexibility index (Phi) is 3.55. The SMILES string of the molecule is CC(C)(C)c1cccc(OC(N)=O)c1CN. The molecule has 0 unspecified atom stereocenters. The lowest BCUT2D eigenvalue weighted by molar-refractivity contribution is 0.210. The molecule has 0 bridgehead atoms. The standard InChI is InChI=1S/C12H18N2O2/c1-12(2,3)9-5-4-6-10(8(9)7-13)16-11(14)15/h4-6H,7,13H2,1-3H3,(H2,14,15). The van der Waals surface area contributed by atoms with Crippen molar-refractivity contribution in [1.29, 1.82) is 0 Å². The molecule has 0 fully saturated rings. The summed E-state index contributed by atoms with van der Waals surface area (Å²) in [5.41, 5.74) is 12.5. The van der Waals surface area contributed by atoms with Crippen molar-refractivity contribution in [2.45, 2.75) is 32.7 Å². The summed E-state index contributed by atoms with van der Waals surface area (Å²) in [5, 5.41) is 0. The molecule has 4 N–H and O–H groups in total. The van der Waals surface area contributed by atoms with E-state index in [4.69, 9.17) is 16.2 Å². The van der Waals surface area contributed by atoms with Gasteiger partial charge in [0.25, 0.3) is 0 Å². The van der Waals surface area contributed by atoms with E-state index in [1.165, 1.54) is 0 Å². The average molecular weight is 222 g/mol. The maximum Gasteiger partial charge on any atom is 0.409 e. The lowest BCUT2D eigenvalue weighted by atomic mass is 9.83. The van der Waals surface area contributed by atoms with Crippen LogP contribution in [0, 0.1) is 0 Å². The topological polar surface area (TPSA) is 78.3 Å². The van der Waals surface area contributed by atoms with Crippen LogP contribution in [-0.4, -0.2) is 6.09 Å². The maximum atomic E-state index is 10.8. The third kappa shape index (κ3) is 2.73. The zero-order valence-corrected chi connectivity index (χ0v) is 9.91. The number of hydrogen-bond acceptors (Lipinski definition) is 3. The highest BCUT2D eigenvalue weighted by atomic mass is 16.5. The number of carbonyl (C=O) groups is 1. The van der Waals surface area contributed by atoms with Crippen molar-refractivity contribution in [3.63, 3.8) is 0 Å². The quantitative estimate of drug-likeness (QED) is 0.802. The van der Waals surface area contributed by atoms with Gasteiger partial charge in [-0.1, -0.05) is 32.9 Å². The number of benzene rings is 1. The number of hydrogen-bond donors (Lipinski definition) is 2. The Labute approximate surface area is 95.6 Å². The van der Waals surface area contributed by atoms with Gasteiger partial charge in [-0.25, -0.2) is 4.79 Å². The summed E-state index contributed by atoms with van der Waals surface area (Å²) < 4.78 is 4.93. The number of primary amides is 1. The summed E-state index contributed by atoms with van der Waals surface area (Å²) >= 11 is 0. The second-order valence-electron chi connectivity index (χ2n) is 4.66. The third-order valence-corrected chi connectivity index (χ3v) is 2.36. The minimum absolute atomic E-state index is 0.0499. The van der Waals surface area contributed by atoms with Crippen LogP contribution in [-0.2, 0) is 12.0 Å². The monoisotopic (exact) mass is 222 g/mol. The van der Waals surface area contributed by atoms with Crippen LogP contribution < -0.4 is 16.2 Å². The number of amides is 1. The molecule has 88 valence electrons. The highest BCUT2D eigenvalue weighted by Crippen LogP contribution is 2.31. The van der Waals surface area contributed by atoms with Crippen LogP contribution in [0.2, 0.25) is 0 Å². The highest BCUT2D eigenvalue weighted by Gasteiger charge is 2.20. The lowest BCUT2D eigenvalue weighted by Gasteiger charge is -2.23. The van der Waals surface area contributed by atoms with E-state index in [1.54, 1.807) is 6.07 Å². The van der Waals surface area contributed by atoms with Crippen molar-refractivity contribution in [3.8, 4) is 5.75 Å². The number of nitrogens with two attached hydrogens (primary N) is 2. The average Bonchev–Trinajstić information content (AvgIpc) is 2.15. The number of carbonyl (C=O) groups excluding carboxylic acids is 1. The van der Waals surface area contributed by atoms with Gasteiger partial charge in [0.1, 0.15) is 5.75 Å².